The Labute approximate surface area is 251 Å². The van der Waals surface area contributed by atoms with Crippen LogP contribution < -0.4 is 20.3 Å². The molecule has 0 bridgehead atoms. The molecule has 1 aromatic heterocycles. The molecule has 1 aliphatic heterocycles. The first kappa shape index (κ1) is 31.9. The fourth-order valence-corrected chi connectivity index (χ4v) is 6.76. The Balaban J connectivity index is 1.47. The molecule has 4 rings (SSSR count). The minimum Gasteiger partial charge on any atom is -0.480 e. The summed E-state index contributed by atoms with van der Waals surface area (Å²) in [5.41, 5.74) is 0.387. The molecule has 12 nitrogen and oxygen atoms in total. The fourth-order valence-electron chi connectivity index (χ4n) is 5.15. The van der Waals surface area contributed by atoms with Gasteiger partial charge < -0.3 is 25.4 Å². The normalized spacial score (nSPS) is 17.8. The van der Waals surface area contributed by atoms with Crippen molar-refractivity contribution >= 4 is 33.5 Å². The molecular formula is C30H38N6O6S. The SMILES string of the molecule is CO[C@]1(CNc2ncccn2)CCCN1c1cccc(C(=O)NC[C@H](NS(=O)(=O)c2ccccc2C(C)(C)C)C(=O)O)c1. The average molecular weight is 611 g/mol. The van der Waals surface area contributed by atoms with E-state index in [0.29, 0.717) is 30.2 Å². The van der Waals surface area contributed by atoms with E-state index in [4.69, 9.17) is 4.74 Å². The number of nitrogens with one attached hydrogen (secondary N) is 3. The van der Waals surface area contributed by atoms with Crippen molar-refractivity contribution < 1.29 is 27.9 Å². The van der Waals surface area contributed by atoms with Crippen molar-refractivity contribution in [3.63, 3.8) is 0 Å². The molecule has 2 heterocycles. The van der Waals surface area contributed by atoms with Gasteiger partial charge >= 0.3 is 5.97 Å². The summed E-state index contributed by atoms with van der Waals surface area (Å²) in [6, 6.07) is 13.5. The Morgan fingerprint density at radius 3 is 2.49 bits per heavy atom. The van der Waals surface area contributed by atoms with Gasteiger partial charge in [-0.05, 0) is 54.2 Å². The standard InChI is InChI=1S/C30H38N6O6S/c1-29(2,3)23-12-5-6-13-25(23)43(40,41)35-24(27(38)39)19-33-26(37)21-10-7-11-22(18-21)36-17-8-14-30(36,42-4)20-34-28-31-15-9-16-32-28/h5-7,9-13,15-16,18,24,35H,8,14,17,19-20H2,1-4H3,(H,33,37)(H,38,39)(H,31,32,34)/t24-,30-/m0/s1. The van der Waals surface area contributed by atoms with Gasteiger partial charge in [0.15, 0.2) is 5.72 Å². The van der Waals surface area contributed by atoms with Crippen LogP contribution in [0.25, 0.3) is 0 Å². The van der Waals surface area contributed by atoms with Crippen molar-refractivity contribution in [2.75, 3.05) is 37.0 Å². The fraction of sp³-hybridized carbons (Fsp3) is 0.400. The van der Waals surface area contributed by atoms with Gasteiger partial charge in [-0.3, -0.25) is 9.59 Å². The third-order valence-electron chi connectivity index (χ3n) is 7.38. The van der Waals surface area contributed by atoms with Gasteiger partial charge in [0.1, 0.15) is 6.04 Å². The van der Waals surface area contributed by atoms with Gasteiger partial charge in [-0.1, -0.05) is 45.0 Å². The van der Waals surface area contributed by atoms with Crippen LogP contribution in [-0.4, -0.2) is 73.9 Å². The number of methoxy groups -OCH3 is 1. The molecule has 2 aromatic carbocycles. The lowest BCUT2D eigenvalue weighted by Crippen LogP contribution is -2.51. The van der Waals surface area contributed by atoms with E-state index in [2.05, 4.69) is 30.2 Å². The predicted molar refractivity (Wildman–Crippen MR) is 163 cm³/mol. The molecule has 3 aromatic rings. The summed E-state index contributed by atoms with van der Waals surface area (Å²) in [7, 11) is -2.57. The summed E-state index contributed by atoms with van der Waals surface area (Å²) < 4.78 is 34.7. The lowest BCUT2D eigenvalue weighted by molar-refractivity contribution is -0.138. The molecule has 4 N–H and O–H groups in total. The topological polar surface area (TPSA) is 163 Å². The lowest BCUT2D eigenvalue weighted by Gasteiger charge is -2.39. The second-order valence-corrected chi connectivity index (χ2v) is 13.0. The second-order valence-electron chi connectivity index (χ2n) is 11.4. The Bertz CT molecular complexity index is 1550. The van der Waals surface area contributed by atoms with Crippen LogP contribution in [0.2, 0.25) is 0 Å². The van der Waals surface area contributed by atoms with Crippen LogP contribution in [0.15, 0.2) is 71.9 Å². The zero-order valence-electron chi connectivity index (χ0n) is 24.7. The minimum atomic E-state index is -4.21. The van der Waals surface area contributed by atoms with Crippen LogP contribution in [0.5, 0.6) is 0 Å². The highest BCUT2D eigenvalue weighted by Gasteiger charge is 2.41. The molecule has 43 heavy (non-hydrogen) atoms. The number of hydrogen-bond donors (Lipinski definition) is 4. The Morgan fingerprint density at radius 1 is 1.09 bits per heavy atom. The molecule has 0 aliphatic carbocycles. The number of anilines is 2. The van der Waals surface area contributed by atoms with E-state index in [1.807, 2.05) is 26.8 Å². The van der Waals surface area contributed by atoms with Crippen LogP contribution in [0.4, 0.5) is 11.6 Å². The number of amides is 1. The molecule has 1 aliphatic rings. The van der Waals surface area contributed by atoms with Crippen LogP contribution >= 0.6 is 0 Å². The molecule has 0 spiro atoms. The molecule has 1 fully saturated rings. The van der Waals surface area contributed by atoms with Crippen molar-refractivity contribution in [2.24, 2.45) is 0 Å². The smallest absolute Gasteiger partial charge is 0.323 e. The number of carboxylic acids is 1. The van der Waals surface area contributed by atoms with Crippen molar-refractivity contribution in [3.05, 3.63) is 78.1 Å². The molecule has 230 valence electrons. The molecular weight excluding hydrogens is 572 g/mol. The summed E-state index contributed by atoms with van der Waals surface area (Å²) >= 11 is 0. The number of rotatable bonds is 12. The van der Waals surface area contributed by atoms with Crippen molar-refractivity contribution in [1.29, 1.82) is 0 Å². The number of hydrogen-bond acceptors (Lipinski definition) is 9. The van der Waals surface area contributed by atoms with Gasteiger partial charge in [0.2, 0.25) is 16.0 Å². The molecule has 1 saturated heterocycles. The summed E-state index contributed by atoms with van der Waals surface area (Å²) in [6.45, 7) is 6.26. The number of carbonyl (C=O) groups is 2. The monoisotopic (exact) mass is 610 g/mol. The Kier molecular flexibility index (Phi) is 9.68. The number of aromatic nitrogens is 2. The maximum Gasteiger partial charge on any atom is 0.323 e. The predicted octanol–water partition coefficient (Wildman–Crippen LogP) is 2.99. The van der Waals surface area contributed by atoms with Crippen LogP contribution in [0.1, 0.15) is 49.5 Å². The largest absolute Gasteiger partial charge is 0.480 e. The van der Waals surface area contributed by atoms with E-state index in [1.165, 1.54) is 6.07 Å². The highest BCUT2D eigenvalue weighted by Crippen LogP contribution is 2.35. The number of carbonyl (C=O) groups excluding carboxylic acids is 1. The minimum absolute atomic E-state index is 0.00617. The van der Waals surface area contributed by atoms with E-state index in [1.54, 1.807) is 62.0 Å². The number of aliphatic carboxylic acids is 1. The second kappa shape index (κ2) is 13.1. The summed E-state index contributed by atoms with van der Waals surface area (Å²) in [5, 5.41) is 15.6. The quantitative estimate of drug-likeness (QED) is 0.240. The van der Waals surface area contributed by atoms with Gasteiger partial charge in [0, 0.05) is 43.8 Å². The first-order chi connectivity index (χ1) is 20.4. The highest BCUT2D eigenvalue weighted by atomic mass is 32.2. The number of nitrogens with zero attached hydrogens (tertiary/aromatic N) is 3. The van der Waals surface area contributed by atoms with Crippen LogP contribution in [-0.2, 0) is 25.0 Å². The number of ether oxygens (including phenoxy) is 1. The summed E-state index contributed by atoms with van der Waals surface area (Å²) in [6.07, 6.45) is 4.89. The van der Waals surface area contributed by atoms with E-state index >= 15 is 0 Å². The first-order valence-electron chi connectivity index (χ1n) is 13.9. The Hall–Kier alpha value is -4.07. The van der Waals surface area contributed by atoms with E-state index in [-0.39, 0.29) is 4.90 Å². The first-order valence-corrected chi connectivity index (χ1v) is 15.4. The zero-order valence-corrected chi connectivity index (χ0v) is 25.5. The van der Waals surface area contributed by atoms with Crippen molar-refractivity contribution in [2.45, 2.75) is 55.7 Å². The highest BCUT2D eigenvalue weighted by molar-refractivity contribution is 7.89. The van der Waals surface area contributed by atoms with Crippen molar-refractivity contribution in [3.8, 4) is 0 Å². The number of benzene rings is 2. The van der Waals surface area contributed by atoms with Crippen LogP contribution in [0, 0.1) is 0 Å². The van der Waals surface area contributed by atoms with Gasteiger partial charge in [0.05, 0.1) is 11.4 Å². The third-order valence-corrected chi connectivity index (χ3v) is 8.91. The van der Waals surface area contributed by atoms with Gasteiger partial charge in [-0.2, -0.15) is 4.72 Å². The zero-order chi connectivity index (χ0) is 31.3. The number of sulfonamides is 1. The summed E-state index contributed by atoms with van der Waals surface area (Å²) in [5.74, 6) is -1.48. The molecule has 13 heteroatoms. The van der Waals surface area contributed by atoms with Gasteiger partial charge in [-0.25, -0.2) is 18.4 Å². The average Bonchev–Trinajstić information content (AvgIpc) is 3.42. The van der Waals surface area contributed by atoms with E-state index in [0.717, 1.165) is 18.5 Å². The van der Waals surface area contributed by atoms with Gasteiger partial charge in [-0.15, -0.1) is 0 Å². The molecule has 0 unspecified atom stereocenters. The van der Waals surface area contributed by atoms with E-state index in [9.17, 15) is 23.1 Å². The Morgan fingerprint density at radius 2 is 1.81 bits per heavy atom. The summed E-state index contributed by atoms with van der Waals surface area (Å²) in [4.78, 5) is 35.6. The van der Waals surface area contributed by atoms with Crippen LogP contribution in [0.3, 0.4) is 0 Å². The maximum absolute atomic E-state index is 13.2. The molecule has 0 radical (unpaired) electrons. The molecule has 1 amide bonds. The van der Waals surface area contributed by atoms with Gasteiger partial charge in [0.25, 0.3) is 5.91 Å². The maximum atomic E-state index is 13.2. The molecule has 0 saturated carbocycles. The van der Waals surface area contributed by atoms with Crippen molar-refractivity contribution in [1.82, 2.24) is 20.0 Å². The third kappa shape index (κ3) is 7.48. The lowest BCUT2D eigenvalue weighted by atomic mass is 9.87. The molecule has 2 atom stereocenters. The van der Waals surface area contributed by atoms with E-state index < -0.39 is 45.6 Å². The number of carboxylic acid groups (broad SMARTS) is 1.